The van der Waals surface area contributed by atoms with Gasteiger partial charge in [0.25, 0.3) is 5.56 Å². The van der Waals surface area contributed by atoms with Crippen molar-refractivity contribution in [2.45, 2.75) is 6.04 Å². The molecule has 1 unspecified atom stereocenters. The number of hydrogen-bond acceptors (Lipinski definition) is 3. The topological polar surface area (TPSA) is 34.4 Å². The molecule has 0 N–H and O–H groups in total. The van der Waals surface area contributed by atoms with Crippen LogP contribution in [0.3, 0.4) is 0 Å². The summed E-state index contributed by atoms with van der Waals surface area (Å²) in [4.78, 5) is 19.3. The summed E-state index contributed by atoms with van der Waals surface area (Å²) in [6.45, 7) is 0. The third-order valence-electron chi connectivity index (χ3n) is 6.04. The number of nitrogens with zero attached hydrogens (tertiary/aromatic N) is 2. The average Bonchev–Trinajstić information content (AvgIpc) is 3.20. The third-order valence-corrected chi connectivity index (χ3v) is 7.27. The van der Waals surface area contributed by atoms with E-state index in [0.717, 1.165) is 33.2 Å². The lowest BCUT2D eigenvalue weighted by Gasteiger charge is -2.19. The minimum absolute atomic E-state index is 0.0417. The van der Waals surface area contributed by atoms with E-state index in [1.54, 1.807) is 4.57 Å². The van der Waals surface area contributed by atoms with Gasteiger partial charge in [-0.15, -0.1) is 0 Å². The minimum atomic E-state index is -0.265. The van der Waals surface area contributed by atoms with Gasteiger partial charge in [-0.1, -0.05) is 108 Å². The molecule has 0 spiro atoms. The Morgan fingerprint density at radius 2 is 1.59 bits per heavy atom. The van der Waals surface area contributed by atoms with Crippen LogP contribution < -0.4 is 14.9 Å². The number of aromatic nitrogens is 1. The summed E-state index contributed by atoms with van der Waals surface area (Å²) < 4.78 is 2.45. The van der Waals surface area contributed by atoms with E-state index in [1.165, 1.54) is 11.3 Å². The van der Waals surface area contributed by atoms with Crippen molar-refractivity contribution < 1.29 is 0 Å². The molecule has 2 heterocycles. The molecule has 0 radical (unpaired) electrons. The van der Waals surface area contributed by atoms with E-state index in [0.29, 0.717) is 14.4 Å². The van der Waals surface area contributed by atoms with Crippen LogP contribution in [0.4, 0.5) is 0 Å². The first-order valence-corrected chi connectivity index (χ1v) is 12.2. The molecule has 0 amide bonds. The van der Waals surface area contributed by atoms with Gasteiger partial charge in [-0.05, 0) is 51.7 Å². The number of hydrogen-bond donors (Lipinski definition) is 0. The van der Waals surface area contributed by atoms with Crippen LogP contribution in [0.2, 0.25) is 5.02 Å². The molecule has 0 saturated carbocycles. The van der Waals surface area contributed by atoms with E-state index in [1.807, 2.05) is 84.9 Å². The molecular formula is C29H19ClN2OS. The van der Waals surface area contributed by atoms with E-state index in [-0.39, 0.29) is 11.6 Å². The number of allylic oxidation sites excluding steroid dienone is 1. The van der Waals surface area contributed by atoms with Crippen LogP contribution in [0.5, 0.6) is 0 Å². The fraction of sp³-hybridized carbons (Fsp3) is 0.0345. The van der Waals surface area contributed by atoms with Crippen LogP contribution >= 0.6 is 22.9 Å². The zero-order valence-corrected chi connectivity index (χ0v) is 19.6. The van der Waals surface area contributed by atoms with Gasteiger partial charge in [-0.3, -0.25) is 9.36 Å². The molecule has 5 heteroatoms. The van der Waals surface area contributed by atoms with Crippen molar-refractivity contribution in [1.29, 1.82) is 0 Å². The highest BCUT2D eigenvalue weighted by molar-refractivity contribution is 7.07. The third kappa shape index (κ3) is 3.71. The molecule has 0 bridgehead atoms. The van der Waals surface area contributed by atoms with Crippen molar-refractivity contribution in [2.75, 3.05) is 0 Å². The van der Waals surface area contributed by atoms with E-state index in [9.17, 15) is 4.79 Å². The Bertz CT molecular complexity index is 1730. The quantitative estimate of drug-likeness (QED) is 0.322. The van der Waals surface area contributed by atoms with Gasteiger partial charge in [0.2, 0.25) is 0 Å². The number of rotatable bonds is 3. The number of thiazole rings is 1. The van der Waals surface area contributed by atoms with Gasteiger partial charge < -0.3 is 0 Å². The number of benzene rings is 4. The van der Waals surface area contributed by atoms with Crippen molar-refractivity contribution in [3.63, 3.8) is 0 Å². The van der Waals surface area contributed by atoms with Crippen molar-refractivity contribution >= 4 is 45.5 Å². The first-order chi connectivity index (χ1) is 16.7. The van der Waals surface area contributed by atoms with Crippen LogP contribution in [0.1, 0.15) is 22.7 Å². The summed E-state index contributed by atoms with van der Waals surface area (Å²) in [5.74, 6) is 0. The van der Waals surface area contributed by atoms with Crippen LogP contribution in [0, 0.1) is 0 Å². The lowest BCUT2D eigenvalue weighted by Crippen LogP contribution is -2.36. The molecule has 1 aromatic heterocycles. The van der Waals surface area contributed by atoms with E-state index in [4.69, 9.17) is 16.6 Å². The Kier molecular flexibility index (Phi) is 5.25. The van der Waals surface area contributed by atoms with Crippen molar-refractivity contribution in [1.82, 2.24) is 4.57 Å². The van der Waals surface area contributed by atoms with Gasteiger partial charge in [0.1, 0.15) is 0 Å². The maximum Gasteiger partial charge on any atom is 0.271 e. The maximum atomic E-state index is 13.7. The van der Waals surface area contributed by atoms with Gasteiger partial charge in [0.05, 0.1) is 16.3 Å². The molecule has 1 aliphatic rings. The zero-order chi connectivity index (χ0) is 23.1. The Morgan fingerprint density at radius 1 is 0.853 bits per heavy atom. The predicted molar refractivity (Wildman–Crippen MR) is 141 cm³/mol. The normalized spacial score (nSPS) is 15.6. The second-order valence-corrected chi connectivity index (χ2v) is 9.61. The average molecular weight is 479 g/mol. The van der Waals surface area contributed by atoms with Crippen molar-refractivity contribution in [2.24, 2.45) is 4.99 Å². The smallest absolute Gasteiger partial charge is 0.271 e. The van der Waals surface area contributed by atoms with E-state index in [2.05, 4.69) is 24.3 Å². The Balaban J connectivity index is 1.59. The molecular weight excluding hydrogens is 460 g/mol. The second kappa shape index (κ2) is 8.56. The second-order valence-electron chi connectivity index (χ2n) is 8.16. The highest BCUT2D eigenvalue weighted by Gasteiger charge is 2.22. The lowest BCUT2D eigenvalue weighted by atomic mass is 10.0. The summed E-state index contributed by atoms with van der Waals surface area (Å²) in [7, 11) is 0. The fourth-order valence-corrected chi connectivity index (χ4v) is 5.50. The van der Waals surface area contributed by atoms with Gasteiger partial charge >= 0.3 is 0 Å². The molecule has 4 aromatic carbocycles. The van der Waals surface area contributed by atoms with Gasteiger partial charge in [0.15, 0.2) is 4.80 Å². The molecule has 3 nitrogen and oxygen atoms in total. The highest BCUT2D eigenvalue weighted by Crippen LogP contribution is 2.27. The van der Waals surface area contributed by atoms with Crippen LogP contribution in [0.15, 0.2) is 113 Å². The molecule has 34 heavy (non-hydrogen) atoms. The molecule has 0 fully saturated rings. The first kappa shape index (κ1) is 20.8. The Labute approximate surface area is 205 Å². The summed E-state index contributed by atoms with van der Waals surface area (Å²) in [5.41, 5.74) is 3.85. The van der Waals surface area contributed by atoms with E-state index >= 15 is 0 Å². The molecule has 1 atom stereocenters. The zero-order valence-electron chi connectivity index (χ0n) is 18.1. The molecule has 1 aliphatic heterocycles. The lowest BCUT2D eigenvalue weighted by molar-refractivity contribution is 0.644. The first-order valence-electron chi connectivity index (χ1n) is 11.0. The SMILES string of the molecule is O=c1c(=Cc2cccc3ccccc23)sc2n1C(c1ccc(Cl)cc1)C=C(c1ccccc1)N=2. The molecule has 6 rings (SSSR count). The molecule has 0 saturated heterocycles. The van der Waals surface area contributed by atoms with E-state index < -0.39 is 0 Å². The fourth-order valence-electron chi connectivity index (χ4n) is 4.37. The van der Waals surface area contributed by atoms with Crippen LogP contribution in [-0.2, 0) is 0 Å². The Morgan fingerprint density at radius 3 is 2.41 bits per heavy atom. The summed E-state index contributed by atoms with van der Waals surface area (Å²) in [5, 5.41) is 2.93. The summed E-state index contributed by atoms with van der Waals surface area (Å²) in [6.07, 6.45) is 4.04. The van der Waals surface area contributed by atoms with Crippen molar-refractivity contribution in [3.8, 4) is 0 Å². The van der Waals surface area contributed by atoms with Gasteiger partial charge in [-0.2, -0.15) is 0 Å². The minimum Gasteiger partial charge on any atom is -0.272 e. The standard InChI is InChI=1S/C29H19ClN2OS/c30-23-15-13-21(14-16-23)26-18-25(20-8-2-1-3-9-20)31-29-32(26)28(33)27(34-29)17-22-11-6-10-19-7-4-5-12-24(19)22/h1-18,26H. The monoisotopic (exact) mass is 478 g/mol. The van der Waals surface area contributed by atoms with Crippen LogP contribution in [0.25, 0.3) is 22.5 Å². The summed E-state index contributed by atoms with van der Waals surface area (Å²) >= 11 is 7.57. The largest absolute Gasteiger partial charge is 0.272 e. The number of fused-ring (bicyclic) bond motifs is 2. The molecule has 0 aliphatic carbocycles. The van der Waals surface area contributed by atoms with Crippen molar-refractivity contribution in [3.05, 3.63) is 145 Å². The maximum absolute atomic E-state index is 13.7. The van der Waals surface area contributed by atoms with Crippen LogP contribution in [-0.4, -0.2) is 4.57 Å². The Hall–Kier alpha value is -3.73. The highest BCUT2D eigenvalue weighted by atomic mass is 35.5. The van der Waals surface area contributed by atoms with Gasteiger partial charge in [0, 0.05) is 5.02 Å². The molecule has 5 aromatic rings. The summed E-state index contributed by atoms with van der Waals surface area (Å²) in [6, 6.07) is 31.8. The van der Waals surface area contributed by atoms with Gasteiger partial charge in [-0.25, -0.2) is 4.99 Å². The predicted octanol–water partition coefficient (Wildman–Crippen LogP) is 5.81. The number of halogens is 1. The molecule has 164 valence electrons.